The zero-order valence-corrected chi connectivity index (χ0v) is 17.0. The van der Waals surface area contributed by atoms with E-state index in [1.807, 2.05) is 24.3 Å². The van der Waals surface area contributed by atoms with Crippen molar-refractivity contribution >= 4 is 23.5 Å². The molecule has 0 atom stereocenters. The summed E-state index contributed by atoms with van der Waals surface area (Å²) < 4.78 is 11.0. The first kappa shape index (κ1) is 21.2. The number of carboxylic acids is 1. The molecule has 0 radical (unpaired) electrons. The zero-order valence-electron chi connectivity index (χ0n) is 16.2. The van der Waals surface area contributed by atoms with Gasteiger partial charge in [-0.3, -0.25) is 4.79 Å². The number of aromatic carboxylic acids is 1. The van der Waals surface area contributed by atoms with Gasteiger partial charge in [-0.2, -0.15) is 0 Å². The average Bonchev–Trinajstić information content (AvgIpc) is 2.77. The van der Waals surface area contributed by atoms with Gasteiger partial charge in [0.25, 0.3) is 5.91 Å². The normalized spacial score (nSPS) is 10.3. The molecular weight excluding hydrogens is 406 g/mol. The highest BCUT2D eigenvalue weighted by atomic mass is 35.5. The molecule has 3 aromatic rings. The molecule has 7 heteroatoms. The molecule has 0 unspecified atom stereocenters. The molecule has 154 valence electrons. The van der Waals surface area contributed by atoms with Gasteiger partial charge in [0.1, 0.15) is 18.1 Å². The third-order valence-electron chi connectivity index (χ3n) is 4.38. The Morgan fingerprint density at radius 2 is 1.73 bits per heavy atom. The second kappa shape index (κ2) is 9.80. The molecule has 6 nitrogen and oxygen atoms in total. The van der Waals surface area contributed by atoms with Gasteiger partial charge in [0.05, 0.1) is 23.3 Å². The van der Waals surface area contributed by atoms with Crippen LogP contribution in [-0.4, -0.2) is 24.1 Å². The first-order valence-corrected chi connectivity index (χ1v) is 9.50. The summed E-state index contributed by atoms with van der Waals surface area (Å²) in [5, 5.41) is 12.0. The van der Waals surface area contributed by atoms with Crippen LogP contribution in [0.1, 0.15) is 31.8 Å². The van der Waals surface area contributed by atoms with Gasteiger partial charge in [0, 0.05) is 6.54 Å². The van der Waals surface area contributed by atoms with Crippen molar-refractivity contribution in [2.75, 3.05) is 7.11 Å². The predicted molar refractivity (Wildman–Crippen MR) is 113 cm³/mol. The van der Waals surface area contributed by atoms with Gasteiger partial charge in [-0.1, -0.05) is 35.9 Å². The lowest BCUT2D eigenvalue weighted by atomic mass is 10.1. The van der Waals surface area contributed by atoms with Gasteiger partial charge in [0.15, 0.2) is 0 Å². The highest BCUT2D eigenvalue weighted by Gasteiger charge is 2.12. The predicted octanol–water partition coefficient (Wildman–Crippen LogP) is 4.56. The summed E-state index contributed by atoms with van der Waals surface area (Å²) in [6.07, 6.45) is 0. The van der Waals surface area contributed by atoms with E-state index in [0.29, 0.717) is 22.9 Å². The van der Waals surface area contributed by atoms with E-state index in [1.54, 1.807) is 37.4 Å². The summed E-state index contributed by atoms with van der Waals surface area (Å²) in [4.78, 5) is 23.5. The number of rotatable bonds is 8. The lowest BCUT2D eigenvalue weighted by molar-refractivity contribution is 0.0696. The molecule has 3 aromatic carbocycles. The Kier molecular flexibility index (Phi) is 6.93. The van der Waals surface area contributed by atoms with Gasteiger partial charge in [-0.15, -0.1) is 0 Å². The molecule has 0 aliphatic heterocycles. The van der Waals surface area contributed by atoms with Gasteiger partial charge in [0.2, 0.25) is 0 Å². The van der Waals surface area contributed by atoms with E-state index >= 15 is 0 Å². The Morgan fingerprint density at radius 1 is 0.967 bits per heavy atom. The van der Waals surface area contributed by atoms with Crippen molar-refractivity contribution in [3.8, 4) is 11.5 Å². The minimum Gasteiger partial charge on any atom is -0.497 e. The van der Waals surface area contributed by atoms with Crippen molar-refractivity contribution in [3.63, 3.8) is 0 Å². The third kappa shape index (κ3) is 5.52. The SMILES string of the molecule is COc1cccc(COc2ccc(Cl)c(C(=O)NCc3ccc(C(=O)O)cc3)c2)c1. The summed E-state index contributed by atoms with van der Waals surface area (Å²) in [6.45, 7) is 0.555. The number of benzene rings is 3. The van der Waals surface area contributed by atoms with Crippen molar-refractivity contribution in [1.29, 1.82) is 0 Å². The molecule has 0 bridgehead atoms. The molecule has 0 spiro atoms. The van der Waals surface area contributed by atoms with E-state index in [0.717, 1.165) is 16.9 Å². The van der Waals surface area contributed by atoms with Crippen LogP contribution in [0.25, 0.3) is 0 Å². The van der Waals surface area contributed by atoms with Crippen molar-refractivity contribution < 1.29 is 24.2 Å². The highest BCUT2D eigenvalue weighted by molar-refractivity contribution is 6.33. The maximum absolute atomic E-state index is 12.6. The number of nitrogens with one attached hydrogen (secondary N) is 1. The summed E-state index contributed by atoms with van der Waals surface area (Å²) in [5.41, 5.74) is 2.19. The fraction of sp³-hybridized carbons (Fsp3) is 0.130. The smallest absolute Gasteiger partial charge is 0.335 e. The molecule has 0 heterocycles. The Labute approximate surface area is 179 Å². The number of amides is 1. The van der Waals surface area contributed by atoms with E-state index in [-0.39, 0.29) is 18.0 Å². The largest absolute Gasteiger partial charge is 0.497 e. The first-order valence-electron chi connectivity index (χ1n) is 9.12. The van der Waals surface area contributed by atoms with E-state index in [2.05, 4.69) is 5.32 Å². The number of hydrogen-bond donors (Lipinski definition) is 2. The lowest BCUT2D eigenvalue weighted by Gasteiger charge is -2.11. The monoisotopic (exact) mass is 425 g/mol. The van der Waals surface area contributed by atoms with Crippen molar-refractivity contribution in [2.45, 2.75) is 13.2 Å². The Bertz CT molecular complexity index is 1050. The van der Waals surface area contributed by atoms with Gasteiger partial charge in [-0.25, -0.2) is 4.79 Å². The second-order valence-electron chi connectivity index (χ2n) is 6.47. The van der Waals surface area contributed by atoms with Crippen LogP contribution in [-0.2, 0) is 13.2 Å². The third-order valence-corrected chi connectivity index (χ3v) is 4.71. The number of hydrogen-bond acceptors (Lipinski definition) is 4. The van der Waals surface area contributed by atoms with Gasteiger partial charge in [-0.05, 0) is 53.6 Å². The fourth-order valence-electron chi connectivity index (χ4n) is 2.74. The Morgan fingerprint density at radius 3 is 2.43 bits per heavy atom. The Hall–Kier alpha value is -3.51. The summed E-state index contributed by atoms with van der Waals surface area (Å²) in [6, 6.07) is 18.7. The van der Waals surface area contributed by atoms with E-state index in [1.165, 1.54) is 12.1 Å². The van der Waals surface area contributed by atoms with Crippen molar-refractivity contribution in [2.24, 2.45) is 0 Å². The van der Waals surface area contributed by atoms with Crippen LogP contribution >= 0.6 is 11.6 Å². The highest BCUT2D eigenvalue weighted by Crippen LogP contribution is 2.23. The van der Waals surface area contributed by atoms with Gasteiger partial charge >= 0.3 is 5.97 Å². The minimum atomic E-state index is -0.997. The molecule has 0 aliphatic carbocycles. The van der Waals surface area contributed by atoms with Crippen molar-refractivity contribution in [1.82, 2.24) is 5.32 Å². The lowest BCUT2D eigenvalue weighted by Crippen LogP contribution is -2.23. The van der Waals surface area contributed by atoms with Crippen LogP contribution in [0, 0.1) is 0 Å². The zero-order chi connectivity index (χ0) is 21.5. The van der Waals surface area contributed by atoms with Crippen LogP contribution in [0.2, 0.25) is 5.02 Å². The minimum absolute atomic E-state index is 0.189. The topological polar surface area (TPSA) is 84.9 Å². The van der Waals surface area contributed by atoms with E-state index < -0.39 is 5.97 Å². The number of carbonyl (C=O) groups is 2. The van der Waals surface area contributed by atoms with Crippen molar-refractivity contribution in [3.05, 3.63) is 94.0 Å². The quantitative estimate of drug-likeness (QED) is 0.552. The molecule has 0 fully saturated rings. The molecule has 0 aromatic heterocycles. The Balaban J connectivity index is 1.63. The summed E-state index contributed by atoms with van der Waals surface area (Å²) in [5.74, 6) is -0.0980. The van der Waals surface area contributed by atoms with E-state index in [9.17, 15) is 9.59 Å². The molecule has 3 rings (SSSR count). The molecule has 2 N–H and O–H groups in total. The summed E-state index contributed by atoms with van der Waals surface area (Å²) in [7, 11) is 1.60. The van der Waals surface area contributed by atoms with E-state index in [4.69, 9.17) is 26.2 Å². The number of halogens is 1. The fourth-order valence-corrected chi connectivity index (χ4v) is 2.94. The average molecular weight is 426 g/mol. The molecule has 0 aliphatic rings. The van der Waals surface area contributed by atoms with Crippen LogP contribution in [0.15, 0.2) is 66.7 Å². The van der Waals surface area contributed by atoms with Crippen LogP contribution in [0.3, 0.4) is 0 Å². The molecule has 0 saturated carbocycles. The first-order chi connectivity index (χ1) is 14.5. The number of methoxy groups -OCH3 is 1. The second-order valence-corrected chi connectivity index (χ2v) is 6.87. The molecular formula is C23H20ClNO5. The molecule has 0 saturated heterocycles. The van der Waals surface area contributed by atoms with Gasteiger partial charge < -0.3 is 19.9 Å². The summed E-state index contributed by atoms with van der Waals surface area (Å²) >= 11 is 6.19. The van der Waals surface area contributed by atoms with Crippen LogP contribution in [0.4, 0.5) is 0 Å². The number of carbonyl (C=O) groups excluding carboxylic acids is 1. The number of carboxylic acid groups (broad SMARTS) is 1. The standard InChI is InChI=1S/C23H20ClNO5/c1-29-18-4-2-3-16(11-18)14-30-19-9-10-21(24)20(12-19)22(26)25-13-15-5-7-17(8-6-15)23(27)28/h2-12H,13-14H2,1H3,(H,25,26)(H,27,28). The molecule has 1 amide bonds. The maximum atomic E-state index is 12.6. The number of ether oxygens (including phenoxy) is 2. The van der Waals surface area contributed by atoms with Crippen LogP contribution < -0.4 is 14.8 Å². The van der Waals surface area contributed by atoms with Crippen LogP contribution in [0.5, 0.6) is 11.5 Å². The maximum Gasteiger partial charge on any atom is 0.335 e. The molecule has 30 heavy (non-hydrogen) atoms.